The number of aromatic nitrogens is 4. The van der Waals surface area contributed by atoms with Crippen LogP contribution in [0.4, 0.5) is 10.2 Å². The van der Waals surface area contributed by atoms with E-state index in [-0.39, 0.29) is 6.04 Å². The number of rotatable bonds is 8. The fourth-order valence-electron chi connectivity index (χ4n) is 4.75. The average molecular weight is 530 g/mol. The number of nitrogens with two attached hydrogens (primary N) is 1. The van der Waals surface area contributed by atoms with Gasteiger partial charge in [-0.3, -0.25) is 4.79 Å². The van der Waals surface area contributed by atoms with Crippen molar-refractivity contribution in [3.05, 3.63) is 72.8 Å². The van der Waals surface area contributed by atoms with Crippen LogP contribution in [0.3, 0.4) is 0 Å². The highest BCUT2D eigenvalue weighted by molar-refractivity contribution is 5.98. The van der Waals surface area contributed by atoms with Gasteiger partial charge < -0.3 is 20.7 Å². The highest BCUT2D eigenvalue weighted by Gasteiger charge is 2.33. The van der Waals surface area contributed by atoms with Gasteiger partial charge >= 0.3 is 0 Å². The number of para-hydroxylation sites is 1. The minimum Gasteiger partial charge on any atom is -0.457 e. The largest absolute Gasteiger partial charge is 0.457 e. The van der Waals surface area contributed by atoms with E-state index in [9.17, 15) is 9.18 Å². The standard InChI is InChI=1S/C29H32FN7O2/c1-29(2,32-3)16-23(30)28(38)36-15-7-8-20(36)17-37-27-24(26(31)33-18-34-27)25(35-37)19-11-13-22(14-12-19)39-21-9-5-4-6-10-21/h4-6,9-14,16,18,20,32H,7-8,15,17H2,1-3H3,(H2,31,33,34). The van der Waals surface area contributed by atoms with Crippen molar-refractivity contribution in [2.75, 3.05) is 19.3 Å². The van der Waals surface area contributed by atoms with Gasteiger partial charge in [0.15, 0.2) is 11.5 Å². The van der Waals surface area contributed by atoms with Crippen LogP contribution in [0.25, 0.3) is 22.3 Å². The molecule has 1 aliphatic rings. The van der Waals surface area contributed by atoms with Crippen molar-refractivity contribution >= 4 is 22.8 Å². The number of nitrogens with zero attached hydrogens (tertiary/aromatic N) is 5. The molecule has 3 N–H and O–H groups in total. The third-order valence-corrected chi connectivity index (χ3v) is 7.02. The summed E-state index contributed by atoms with van der Waals surface area (Å²) in [5, 5.41) is 8.47. The van der Waals surface area contributed by atoms with Crippen LogP contribution in [0.1, 0.15) is 26.7 Å². The maximum atomic E-state index is 14.9. The second-order valence-corrected chi connectivity index (χ2v) is 10.2. The molecule has 39 heavy (non-hydrogen) atoms. The van der Waals surface area contributed by atoms with Crippen molar-refractivity contribution in [3.63, 3.8) is 0 Å². The molecule has 0 aliphatic carbocycles. The fourth-order valence-corrected chi connectivity index (χ4v) is 4.75. The van der Waals surface area contributed by atoms with Crippen molar-refractivity contribution in [2.45, 2.75) is 44.8 Å². The number of hydrogen-bond acceptors (Lipinski definition) is 7. The molecular weight excluding hydrogens is 497 g/mol. The van der Waals surface area contributed by atoms with Crippen molar-refractivity contribution in [1.82, 2.24) is 30.0 Å². The summed E-state index contributed by atoms with van der Waals surface area (Å²) in [4.78, 5) is 23.2. The molecule has 2 aromatic heterocycles. The molecule has 0 saturated carbocycles. The topological polar surface area (TPSA) is 111 Å². The van der Waals surface area contributed by atoms with E-state index in [1.165, 1.54) is 12.4 Å². The first kappa shape index (κ1) is 26.3. The quantitative estimate of drug-likeness (QED) is 0.318. The first-order valence-electron chi connectivity index (χ1n) is 12.9. The number of fused-ring (bicyclic) bond motifs is 1. The van der Waals surface area contributed by atoms with E-state index in [2.05, 4.69) is 15.3 Å². The molecule has 1 atom stereocenters. The van der Waals surface area contributed by atoms with Gasteiger partial charge in [-0.25, -0.2) is 19.0 Å². The molecule has 1 unspecified atom stereocenters. The van der Waals surface area contributed by atoms with E-state index >= 15 is 0 Å². The second-order valence-electron chi connectivity index (χ2n) is 10.2. The lowest BCUT2D eigenvalue weighted by atomic mass is 10.0. The number of nitrogens with one attached hydrogen (secondary N) is 1. The summed E-state index contributed by atoms with van der Waals surface area (Å²) in [7, 11) is 1.73. The lowest BCUT2D eigenvalue weighted by molar-refractivity contribution is -0.129. The Hall–Kier alpha value is -4.31. The van der Waals surface area contributed by atoms with Gasteiger partial charge in [-0.15, -0.1) is 0 Å². The number of likely N-dealkylation sites (tertiary alicyclic amines) is 1. The Balaban J connectivity index is 1.42. The van der Waals surface area contributed by atoms with Crippen LogP contribution in [0.5, 0.6) is 11.5 Å². The number of amides is 1. The Morgan fingerprint density at radius 3 is 2.59 bits per heavy atom. The van der Waals surface area contributed by atoms with E-state index in [0.717, 1.165) is 24.2 Å². The van der Waals surface area contributed by atoms with Crippen LogP contribution in [0, 0.1) is 0 Å². The minimum atomic E-state index is -0.767. The van der Waals surface area contributed by atoms with Crippen molar-refractivity contribution in [3.8, 4) is 22.8 Å². The molecule has 10 heteroatoms. The third-order valence-electron chi connectivity index (χ3n) is 7.02. The predicted octanol–water partition coefficient (Wildman–Crippen LogP) is 4.71. The zero-order chi connectivity index (χ0) is 27.6. The summed E-state index contributed by atoms with van der Waals surface area (Å²) in [6, 6.07) is 16.9. The van der Waals surface area contributed by atoms with Gasteiger partial charge in [0.05, 0.1) is 18.0 Å². The second kappa shape index (κ2) is 10.8. The van der Waals surface area contributed by atoms with Crippen LogP contribution >= 0.6 is 0 Å². The Bertz CT molecular complexity index is 1500. The molecular formula is C29H32FN7O2. The highest BCUT2D eigenvalue weighted by Crippen LogP contribution is 2.33. The monoisotopic (exact) mass is 529 g/mol. The Morgan fingerprint density at radius 2 is 1.87 bits per heavy atom. The van der Waals surface area contributed by atoms with Gasteiger partial charge in [0, 0.05) is 17.6 Å². The zero-order valence-corrected chi connectivity index (χ0v) is 22.3. The Kier molecular flexibility index (Phi) is 7.30. The van der Waals surface area contributed by atoms with E-state index < -0.39 is 17.3 Å². The summed E-state index contributed by atoms with van der Waals surface area (Å²) in [6.07, 6.45) is 4.24. The van der Waals surface area contributed by atoms with Crippen molar-refractivity contribution < 1.29 is 13.9 Å². The third kappa shape index (κ3) is 5.61. The number of halogens is 1. The number of likely N-dealkylation sites (N-methyl/N-ethyl adjacent to an activating group) is 1. The smallest absolute Gasteiger partial charge is 0.282 e. The Labute approximate surface area is 226 Å². The number of carbonyl (C=O) groups excluding carboxylic acids is 1. The summed E-state index contributed by atoms with van der Waals surface area (Å²) < 4.78 is 22.6. The average Bonchev–Trinajstić information content (AvgIpc) is 3.55. The molecule has 1 amide bonds. The van der Waals surface area contributed by atoms with Crippen molar-refractivity contribution in [1.29, 1.82) is 0 Å². The van der Waals surface area contributed by atoms with E-state index in [4.69, 9.17) is 15.6 Å². The van der Waals surface area contributed by atoms with Crippen LogP contribution < -0.4 is 15.8 Å². The molecule has 202 valence electrons. The molecule has 0 spiro atoms. The predicted molar refractivity (Wildman–Crippen MR) is 149 cm³/mol. The fraction of sp³-hybridized carbons (Fsp3) is 0.310. The van der Waals surface area contributed by atoms with Gasteiger partial charge in [-0.1, -0.05) is 18.2 Å². The summed E-state index contributed by atoms with van der Waals surface area (Å²) in [6.45, 7) is 4.46. The molecule has 2 aromatic carbocycles. The molecule has 1 aliphatic heterocycles. The molecule has 3 heterocycles. The molecule has 0 radical (unpaired) electrons. The summed E-state index contributed by atoms with van der Waals surface area (Å²) >= 11 is 0. The van der Waals surface area contributed by atoms with Gasteiger partial charge in [0.2, 0.25) is 0 Å². The van der Waals surface area contributed by atoms with Gasteiger partial charge in [0.25, 0.3) is 5.91 Å². The molecule has 9 nitrogen and oxygen atoms in total. The Morgan fingerprint density at radius 1 is 1.15 bits per heavy atom. The molecule has 1 saturated heterocycles. The maximum absolute atomic E-state index is 14.9. The lowest BCUT2D eigenvalue weighted by Crippen LogP contribution is -2.40. The van der Waals surface area contributed by atoms with Gasteiger partial charge in [-0.2, -0.15) is 5.10 Å². The van der Waals surface area contributed by atoms with E-state index in [0.29, 0.717) is 41.4 Å². The zero-order valence-electron chi connectivity index (χ0n) is 22.3. The normalized spacial score (nSPS) is 16.2. The number of ether oxygens (including phenoxy) is 1. The molecule has 5 rings (SSSR count). The number of carbonyl (C=O) groups is 1. The first-order valence-corrected chi connectivity index (χ1v) is 12.9. The van der Waals surface area contributed by atoms with E-state index in [1.54, 1.807) is 16.6 Å². The van der Waals surface area contributed by atoms with Crippen molar-refractivity contribution in [2.24, 2.45) is 0 Å². The first-order chi connectivity index (χ1) is 18.8. The van der Waals surface area contributed by atoms with Gasteiger partial charge in [0.1, 0.15) is 29.3 Å². The minimum absolute atomic E-state index is 0.233. The lowest BCUT2D eigenvalue weighted by Gasteiger charge is -2.25. The highest BCUT2D eigenvalue weighted by atomic mass is 19.1. The molecule has 0 bridgehead atoms. The van der Waals surface area contributed by atoms with E-state index in [1.807, 2.05) is 68.4 Å². The van der Waals surface area contributed by atoms with Gasteiger partial charge in [-0.05, 0) is 76.2 Å². The van der Waals surface area contributed by atoms with Crippen LogP contribution in [-0.4, -0.2) is 55.7 Å². The molecule has 4 aromatic rings. The van der Waals surface area contributed by atoms with Crippen LogP contribution in [-0.2, 0) is 11.3 Å². The van der Waals surface area contributed by atoms with Crippen LogP contribution in [0.15, 0.2) is 72.8 Å². The maximum Gasteiger partial charge on any atom is 0.282 e. The number of hydrogen-bond donors (Lipinski definition) is 2. The number of anilines is 1. The van der Waals surface area contributed by atoms with Crippen LogP contribution in [0.2, 0.25) is 0 Å². The summed E-state index contributed by atoms with van der Waals surface area (Å²) in [5.41, 5.74) is 7.66. The molecule has 1 fully saturated rings. The number of nitrogen functional groups attached to an aromatic ring is 1. The number of benzene rings is 2. The SMILES string of the molecule is CNC(C)(C)C=C(F)C(=O)N1CCCC1Cn1nc(-c2ccc(Oc3ccccc3)cc2)c2c(N)ncnc21. The summed E-state index contributed by atoms with van der Waals surface area (Å²) in [5.74, 6) is 0.370.